The molecular formula is C18H20N4O3. The summed E-state index contributed by atoms with van der Waals surface area (Å²) in [4.78, 5) is 13.0. The van der Waals surface area contributed by atoms with Gasteiger partial charge in [-0.15, -0.1) is 0 Å². The molecule has 0 saturated heterocycles. The Bertz CT molecular complexity index is 807. The monoisotopic (exact) mass is 340 g/mol. The van der Waals surface area contributed by atoms with E-state index in [1.807, 2.05) is 30.3 Å². The quantitative estimate of drug-likeness (QED) is 0.919. The maximum absolute atomic E-state index is 6.32. The average molecular weight is 340 g/mol. The number of nitrogens with two attached hydrogens (primary N) is 1. The Morgan fingerprint density at radius 3 is 2.32 bits per heavy atom. The fourth-order valence-corrected chi connectivity index (χ4v) is 2.54. The molecule has 7 heteroatoms. The molecular weight excluding hydrogens is 320 g/mol. The van der Waals surface area contributed by atoms with Crippen molar-refractivity contribution in [2.75, 3.05) is 14.2 Å². The van der Waals surface area contributed by atoms with Crippen molar-refractivity contribution >= 4 is 11.7 Å². The third kappa shape index (κ3) is 3.18. The third-order valence-corrected chi connectivity index (χ3v) is 3.98. The molecule has 0 aliphatic carbocycles. The number of para-hydroxylation sites is 2. The van der Waals surface area contributed by atoms with Crippen molar-refractivity contribution in [2.45, 2.75) is 18.7 Å². The Morgan fingerprint density at radius 1 is 1.00 bits per heavy atom. The first-order chi connectivity index (χ1) is 12.1. The average Bonchev–Trinajstić information content (AvgIpc) is 2.65. The molecule has 1 aromatic carbocycles. The van der Waals surface area contributed by atoms with Crippen molar-refractivity contribution in [1.82, 2.24) is 4.98 Å². The van der Waals surface area contributed by atoms with E-state index in [2.05, 4.69) is 15.0 Å². The topological polar surface area (TPSA) is 91.3 Å². The highest BCUT2D eigenvalue weighted by molar-refractivity contribution is 6.09. The molecule has 2 N–H and O–H groups in total. The second-order valence-corrected chi connectivity index (χ2v) is 5.61. The summed E-state index contributed by atoms with van der Waals surface area (Å²) in [5, 5.41) is 0. The molecule has 25 heavy (non-hydrogen) atoms. The van der Waals surface area contributed by atoms with Crippen LogP contribution in [0.4, 0.5) is 0 Å². The van der Waals surface area contributed by atoms with Gasteiger partial charge in [0.25, 0.3) is 0 Å². The smallest absolute Gasteiger partial charge is 0.238 e. The van der Waals surface area contributed by atoms with Crippen LogP contribution in [0.1, 0.15) is 12.5 Å². The van der Waals surface area contributed by atoms with Gasteiger partial charge in [-0.2, -0.15) is 4.99 Å². The van der Waals surface area contributed by atoms with E-state index in [4.69, 9.17) is 19.9 Å². The molecule has 3 rings (SSSR count). The number of methoxy groups -OCH3 is 2. The van der Waals surface area contributed by atoms with E-state index in [1.54, 1.807) is 32.5 Å². The van der Waals surface area contributed by atoms with Gasteiger partial charge in [-0.05, 0) is 31.2 Å². The molecule has 0 amide bonds. The van der Waals surface area contributed by atoms with E-state index in [-0.39, 0.29) is 0 Å². The highest BCUT2D eigenvalue weighted by atomic mass is 16.6. The summed E-state index contributed by atoms with van der Waals surface area (Å²) >= 11 is 0. The highest BCUT2D eigenvalue weighted by Gasteiger charge is 2.45. The lowest BCUT2D eigenvalue weighted by molar-refractivity contribution is 0.0998. The number of hydrogen-bond acceptors (Lipinski definition) is 7. The number of hydrogen-bond donors (Lipinski definition) is 1. The lowest BCUT2D eigenvalue weighted by atomic mass is 10.0. The van der Waals surface area contributed by atoms with Crippen LogP contribution in [0.15, 0.2) is 58.8 Å². The van der Waals surface area contributed by atoms with Gasteiger partial charge in [-0.3, -0.25) is 4.98 Å². The maximum atomic E-state index is 6.32. The number of amidine groups is 1. The standard InChI is InChI=1S/C18H20N4O3/c1-18(25-14-7-5-4-6-13(14)23-2)16(19)21-15(22-17(18)24-3)12-8-10-20-11-9-12/h4-11,16H,19H2,1-3H3. The van der Waals surface area contributed by atoms with Gasteiger partial charge in [-0.25, -0.2) is 4.99 Å². The predicted octanol–water partition coefficient (Wildman–Crippen LogP) is 2.02. The Labute approximate surface area is 146 Å². The molecule has 0 fully saturated rings. The van der Waals surface area contributed by atoms with Crippen LogP contribution in [-0.2, 0) is 4.74 Å². The van der Waals surface area contributed by atoms with E-state index in [9.17, 15) is 0 Å². The van der Waals surface area contributed by atoms with Crippen molar-refractivity contribution in [3.63, 3.8) is 0 Å². The van der Waals surface area contributed by atoms with E-state index in [0.29, 0.717) is 23.2 Å². The molecule has 2 aromatic rings. The lowest BCUT2D eigenvalue weighted by Gasteiger charge is -2.36. The Hall–Kier alpha value is -2.93. The minimum absolute atomic E-state index is 0.340. The van der Waals surface area contributed by atoms with Crippen LogP contribution in [0.25, 0.3) is 0 Å². The van der Waals surface area contributed by atoms with Crippen LogP contribution in [-0.4, -0.2) is 42.7 Å². The molecule has 2 atom stereocenters. The van der Waals surface area contributed by atoms with Gasteiger partial charge in [0.15, 0.2) is 17.3 Å². The first kappa shape index (κ1) is 16.9. The largest absolute Gasteiger partial charge is 0.493 e. The van der Waals surface area contributed by atoms with Gasteiger partial charge in [0.1, 0.15) is 6.17 Å². The van der Waals surface area contributed by atoms with E-state index in [1.165, 1.54) is 7.11 Å². The third-order valence-electron chi connectivity index (χ3n) is 3.98. The number of pyridine rings is 1. The van der Waals surface area contributed by atoms with Crippen molar-refractivity contribution in [3.8, 4) is 11.5 Å². The molecule has 2 unspecified atom stereocenters. The fraction of sp³-hybridized carbons (Fsp3) is 0.278. The van der Waals surface area contributed by atoms with Crippen molar-refractivity contribution in [1.29, 1.82) is 0 Å². The Morgan fingerprint density at radius 2 is 1.68 bits per heavy atom. The molecule has 0 spiro atoms. The molecule has 0 radical (unpaired) electrons. The number of ether oxygens (including phenoxy) is 3. The van der Waals surface area contributed by atoms with Gasteiger partial charge >= 0.3 is 0 Å². The SMILES string of the molecule is COC1=NC(c2ccncc2)=NC(N)C1(C)Oc1ccccc1OC. The van der Waals surface area contributed by atoms with E-state index in [0.717, 1.165) is 5.56 Å². The van der Waals surface area contributed by atoms with Crippen molar-refractivity contribution in [2.24, 2.45) is 15.7 Å². The summed E-state index contributed by atoms with van der Waals surface area (Å²) in [5.41, 5.74) is 6.05. The van der Waals surface area contributed by atoms with E-state index >= 15 is 0 Å². The van der Waals surface area contributed by atoms with Gasteiger partial charge in [0.05, 0.1) is 14.2 Å². The molecule has 0 saturated carbocycles. The minimum Gasteiger partial charge on any atom is -0.493 e. The number of benzene rings is 1. The minimum atomic E-state index is -1.07. The lowest BCUT2D eigenvalue weighted by Crippen LogP contribution is -2.58. The van der Waals surface area contributed by atoms with Crippen molar-refractivity contribution < 1.29 is 14.2 Å². The Kier molecular flexibility index (Phi) is 4.67. The highest BCUT2D eigenvalue weighted by Crippen LogP contribution is 2.33. The van der Waals surface area contributed by atoms with Crippen LogP contribution < -0.4 is 15.2 Å². The summed E-state index contributed by atoms with van der Waals surface area (Å²) in [5.74, 6) is 1.95. The molecule has 0 bridgehead atoms. The second-order valence-electron chi connectivity index (χ2n) is 5.61. The van der Waals surface area contributed by atoms with Crippen LogP contribution >= 0.6 is 0 Å². The summed E-state index contributed by atoms with van der Waals surface area (Å²) in [6, 6.07) is 10.9. The normalized spacial score (nSPS) is 22.6. The fourth-order valence-electron chi connectivity index (χ4n) is 2.54. The van der Waals surface area contributed by atoms with Gasteiger partial charge in [0.2, 0.25) is 11.5 Å². The molecule has 1 aromatic heterocycles. The van der Waals surface area contributed by atoms with E-state index < -0.39 is 11.8 Å². The summed E-state index contributed by atoms with van der Waals surface area (Å²) in [7, 11) is 3.11. The first-order valence-corrected chi connectivity index (χ1v) is 7.77. The van der Waals surface area contributed by atoms with Crippen molar-refractivity contribution in [3.05, 3.63) is 54.4 Å². The number of aromatic nitrogens is 1. The second kappa shape index (κ2) is 6.90. The maximum Gasteiger partial charge on any atom is 0.238 e. The molecule has 7 nitrogen and oxygen atoms in total. The Balaban J connectivity index is 1.97. The van der Waals surface area contributed by atoms with Gasteiger partial charge in [-0.1, -0.05) is 12.1 Å². The number of nitrogens with zero attached hydrogens (tertiary/aromatic N) is 3. The zero-order chi connectivity index (χ0) is 17.9. The van der Waals surface area contributed by atoms with Crippen LogP contribution in [0, 0.1) is 0 Å². The van der Waals surface area contributed by atoms with Crippen LogP contribution in [0.2, 0.25) is 0 Å². The van der Waals surface area contributed by atoms with Crippen LogP contribution in [0.3, 0.4) is 0 Å². The molecule has 2 heterocycles. The number of rotatable bonds is 4. The zero-order valence-electron chi connectivity index (χ0n) is 14.3. The van der Waals surface area contributed by atoms with Gasteiger partial charge < -0.3 is 19.9 Å². The summed E-state index contributed by atoms with van der Waals surface area (Å²) in [6.07, 6.45) is 2.63. The molecule has 1 aliphatic rings. The summed E-state index contributed by atoms with van der Waals surface area (Å²) in [6.45, 7) is 1.79. The molecule has 1 aliphatic heterocycles. The molecule has 130 valence electrons. The van der Waals surface area contributed by atoms with Gasteiger partial charge in [0, 0.05) is 18.0 Å². The number of aliphatic imine (C=N–C) groups is 2. The summed E-state index contributed by atoms with van der Waals surface area (Å²) < 4.78 is 17.0. The predicted molar refractivity (Wildman–Crippen MR) is 95.2 cm³/mol. The van der Waals surface area contributed by atoms with Crippen LogP contribution in [0.5, 0.6) is 11.5 Å². The zero-order valence-corrected chi connectivity index (χ0v) is 14.3. The first-order valence-electron chi connectivity index (χ1n) is 7.77.